The third-order valence-corrected chi connectivity index (χ3v) is 7.64. The summed E-state index contributed by atoms with van der Waals surface area (Å²) in [6.45, 7) is 8.04. The van der Waals surface area contributed by atoms with Crippen molar-refractivity contribution >= 4 is 35.2 Å². The van der Waals surface area contributed by atoms with Crippen molar-refractivity contribution in [3.63, 3.8) is 0 Å². The minimum absolute atomic E-state index is 0.0354. The monoisotopic (exact) mass is 616 g/mol. The van der Waals surface area contributed by atoms with Gasteiger partial charge >= 0.3 is 5.97 Å². The van der Waals surface area contributed by atoms with Crippen molar-refractivity contribution in [2.45, 2.75) is 34.1 Å². The summed E-state index contributed by atoms with van der Waals surface area (Å²) in [6.07, 6.45) is 3.49. The normalized spacial score (nSPS) is 12.4. The number of aromatic amines is 1. The molecule has 3 N–H and O–H groups in total. The predicted molar refractivity (Wildman–Crippen MR) is 177 cm³/mol. The molecule has 6 rings (SSSR count). The number of hydrogen-bond acceptors (Lipinski definition) is 7. The number of para-hydroxylation sites is 1. The molecule has 0 saturated heterocycles. The lowest BCUT2D eigenvalue weighted by atomic mass is 10.0. The lowest BCUT2D eigenvalue weighted by Crippen LogP contribution is -2.19. The molecule has 0 bridgehead atoms. The first-order chi connectivity index (χ1) is 22.0. The molecule has 0 aliphatic carbocycles. The Morgan fingerprint density at radius 3 is 2.11 bits per heavy atom. The largest absolute Gasteiger partial charge is 0.505 e. The van der Waals surface area contributed by atoms with Gasteiger partial charge in [0.15, 0.2) is 11.4 Å². The molecule has 1 amide bonds. The fourth-order valence-electron chi connectivity index (χ4n) is 4.68. The summed E-state index contributed by atoms with van der Waals surface area (Å²) in [6, 6.07) is 22.7. The van der Waals surface area contributed by atoms with Crippen molar-refractivity contribution in [2.24, 2.45) is 15.3 Å². The van der Waals surface area contributed by atoms with E-state index in [1.54, 1.807) is 36.5 Å². The highest BCUT2D eigenvalue weighted by atomic mass is 16.4. The number of nitrogens with zero attached hydrogens (tertiary/aromatic N) is 5. The number of nitrogens with one attached hydrogen (secondary N) is 1. The predicted octanol–water partition coefficient (Wildman–Crippen LogP) is 7.29. The Hall–Kier alpha value is -6.10. The van der Waals surface area contributed by atoms with E-state index in [4.69, 9.17) is 0 Å². The van der Waals surface area contributed by atoms with E-state index in [1.165, 1.54) is 39.1 Å². The molecule has 0 saturated carbocycles. The molecule has 11 nitrogen and oxygen atoms in total. The summed E-state index contributed by atoms with van der Waals surface area (Å²) in [4.78, 5) is 35.3. The van der Waals surface area contributed by atoms with Crippen LogP contribution < -0.4 is 10.6 Å². The number of amides is 1. The van der Waals surface area contributed by atoms with Gasteiger partial charge in [-0.05, 0) is 98.0 Å². The second-order valence-electron chi connectivity index (χ2n) is 10.8. The molecule has 1 aromatic heterocycles. The van der Waals surface area contributed by atoms with Crippen molar-refractivity contribution in [3.05, 3.63) is 123 Å². The Morgan fingerprint density at radius 2 is 1.46 bits per heavy atom. The van der Waals surface area contributed by atoms with Gasteiger partial charge in [-0.1, -0.05) is 36.4 Å². The Kier molecular flexibility index (Phi) is 9.03. The lowest BCUT2D eigenvalue weighted by Gasteiger charge is -2.13. The van der Waals surface area contributed by atoms with Gasteiger partial charge in [0.2, 0.25) is 0 Å². The summed E-state index contributed by atoms with van der Waals surface area (Å²) in [7, 11) is 0. The standard InChI is InChI=1S/C24H20N4O4.C11H12N2O/c1-14-9-10-18(11-15(14)2)28-23(30)21(13-25-28)27-26-20-8-4-7-19(22(20)29)16-5-3-6-17(12-16)24(31)32;1-8-3-4-10(7-9(8)2)13-11(14)5-6-12-13/h3-13,25,29H,1-2H3,(H,31,32);3-4,6-7H,5H2,1-2H3. The number of phenols is 1. The zero-order valence-electron chi connectivity index (χ0n) is 25.7. The van der Waals surface area contributed by atoms with Crippen LogP contribution >= 0.6 is 0 Å². The Labute approximate surface area is 264 Å². The zero-order chi connectivity index (χ0) is 33.0. The van der Waals surface area contributed by atoms with Crippen molar-refractivity contribution in [3.8, 4) is 22.6 Å². The Balaban J connectivity index is 0.000000247. The molecule has 232 valence electrons. The first-order valence-corrected chi connectivity index (χ1v) is 14.4. The number of hydrogen-bond donors (Lipinski definition) is 3. The van der Waals surface area contributed by atoms with Gasteiger partial charge in [0.1, 0.15) is 5.69 Å². The van der Waals surface area contributed by atoms with Crippen molar-refractivity contribution in [1.82, 2.24) is 9.78 Å². The topological polar surface area (TPSA) is 153 Å². The number of hydrazone groups is 1. The summed E-state index contributed by atoms with van der Waals surface area (Å²) >= 11 is 0. The molecule has 0 unspecified atom stereocenters. The quantitative estimate of drug-likeness (QED) is 0.171. The molecule has 0 radical (unpaired) electrons. The molecule has 1 aliphatic heterocycles. The number of phenolic OH excluding ortho intramolecular Hbond substituents is 1. The maximum atomic E-state index is 12.7. The van der Waals surface area contributed by atoms with E-state index >= 15 is 0 Å². The summed E-state index contributed by atoms with van der Waals surface area (Å²) in [5.74, 6) is -1.19. The highest BCUT2D eigenvalue weighted by Crippen LogP contribution is 2.38. The van der Waals surface area contributed by atoms with Crippen molar-refractivity contribution in [2.75, 3.05) is 5.01 Å². The van der Waals surface area contributed by atoms with Crippen LogP contribution in [0.1, 0.15) is 39.0 Å². The summed E-state index contributed by atoms with van der Waals surface area (Å²) in [5, 5.41) is 36.3. The number of aromatic nitrogens is 2. The van der Waals surface area contributed by atoms with E-state index < -0.39 is 5.97 Å². The molecule has 11 heteroatoms. The average molecular weight is 617 g/mol. The van der Waals surface area contributed by atoms with Crippen molar-refractivity contribution in [1.29, 1.82) is 0 Å². The summed E-state index contributed by atoms with van der Waals surface area (Å²) < 4.78 is 1.37. The van der Waals surface area contributed by atoms with E-state index in [-0.39, 0.29) is 34.2 Å². The van der Waals surface area contributed by atoms with Gasteiger partial charge in [0, 0.05) is 11.8 Å². The van der Waals surface area contributed by atoms with Gasteiger partial charge < -0.3 is 10.2 Å². The minimum Gasteiger partial charge on any atom is -0.505 e. The van der Waals surface area contributed by atoms with E-state index in [2.05, 4.69) is 20.4 Å². The van der Waals surface area contributed by atoms with Crippen LogP contribution in [0.15, 0.2) is 105 Å². The number of carboxylic acid groups (broad SMARTS) is 1. The van der Waals surface area contributed by atoms with Gasteiger partial charge in [-0.2, -0.15) is 5.10 Å². The lowest BCUT2D eigenvalue weighted by molar-refractivity contribution is -0.116. The van der Waals surface area contributed by atoms with Gasteiger partial charge in [-0.15, -0.1) is 10.2 Å². The number of carbonyl (C=O) groups is 2. The van der Waals surface area contributed by atoms with Crippen LogP contribution in [0, 0.1) is 27.7 Å². The first-order valence-electron chi connectivity index (χ1n) is 14.4. The number of H-pyrrole nitrogens is 1. The summed E-state index contributed by atoms with van der Waals surface area (Å²) in [5.41, 5.74) is 7.02. The van der Waals surface area contributed by atoms with Crippen LogP contribution in [0.4, 0.5) is 17.1 Å². The van der Waals surface area contributed by atoms with Gasteiger partial charge in [0.25, 0.3) is 11.5 Å². The fourth-order valence-corrected chi connectivity index (χ4v) is 4.68. The molecule has 5 aromatic rings. The maximum Gasteiger partial charge on any atom is 0.335 e. The number of aromatic carboxylic acids is 1. The van der Waals surface area contributed by atoms with Crippen LogP contribution in [0.3, 0.4) is 0 Å². The van der Waals surface area contributed by atoms with E-state index in [1.807, 2.05) is 64.1 Å². The Bertz CT molecular complexity index is 2070. The van der Waals surface area contributed by atoms with E-state index in [9.17, 15) is 24.6 Å². The molecule has 4 aromatic carbocycles. The molecule has 0 spiro atoms. The second kappa shape index (κ2) is 13.3. The smallest absolute Gasteiger partial charge is 0.335 e. The van der Waals surface area contributed by atoms with Crippen LogP contribution in [-0.4, -0.2) is 38.1 Å². The SMILES string of the molecule is Cc1ccc(-n2[nH]cc(N=Nc3cccc(-c4cccc(C(=O)O)c4)c3O)c2=O)cc1C.Cc1ccc(N2N=CCC2=O)cc1C. The highest BCUT2D eigenvalue weighted by Gasteiger charge is 2.18. The highest BCUT2D eigenvalue weighted by molar-refractivity contribution is 6.05. The molecule has 2 heterocycles. The molecule has 46 heavy (non-hydrogen) atoms. The molecule has 0 fully saturated rings. The number of carboxylic acids is 1. The first kappa shape index (κ1) is 31.3. The van der Waals surface area contributed by atoms with Crippen LogP contribution in [0.2, 0.25) is 0 Å². The minimum atomic E-state index is -1.06. The fraction of sp³-hybridized carbons (Fsp3) is 0.143. The van der Waals surface area contributed by atoms with Crippen LogP contribution in [0.25, 0.3) is 16.8 Å². The van der Waals surface area contributed by atoms with Crippen LogP contribution in [-0.2, 0) is 4.79 Å². The number of aromatic hydroxyl groups is 1. The Morgan fingerprint density at radius 1 is 0.804 bits per heavy atom. The van der Waals surface area contributed by atoms with E-state index in [0.717, 1.165) is 16.8 Å². The number of anilines is 1. The number of rotatable bonds is 6. The maximum absolute atomic E-state index is 12.7. The van der Waals surface area contributed by atoms with Gasteiger partial charge in [-0.3, -0.25) is 14.7 Å². The third-order valence-electron chi connectivity index (χ3n) is 7.64. The average Bonchev–Trinajstić information content (AvgIpc) is 3.64. The second-order valence-corrected chi connectivity index (χ2v) is 10.8. The molecular weight excluding hydrogens is 584 g/mol. The number of carbonyl (C=O) groups excluding carboxylic acids is 1. The van der Waals surface area contributed by atoms with Gasteiger partial charge in [0.05, 0.1) is 29.6 Å². The van der Waals surface area contributed by atoms with E-state index in [0.29, 0.717) is 23.2 Å². The van der Waals surface area contributed by atoms with Gasteiger partial charge in [-0.25, -0.2) is 14.5 Å². The zero-order valence-corrected chi connectivity index (χ0v) is 25.7. The third kappa shape index (κ3) is 6.68. The molecule has 0 atom stereocenters. The molecular formula is C35H32N6O5. The number of azo groups is 1. The number of aryl methyl sites for hydroxylation is 4. The van der Waals surface area contributed by atoms with Crippen molar-refractivity contribution < 1.29 is 19.8 Å². The van der Waals surface area contributed by atoms with Crippen LogP contribution in [0.5, 0.6) is 5.75 Å². The molecule has 1 aliphatic rings. The number of benzene rings is 4.